The fourth-order valence-electron chi connectivity index (χ4n) is 2.72. The number of nitrogens with zero attached hydrogens (tertiary/aromatic N) is 2. The van der Waals surface area contributed by atoms with Crippen LogP contribution in [-0.2, 0) is 7.05 Å². The number of hydrogen-bond donors (Lipinski definition) is 1. The molecule has 3 heteroatoms. The van der Waals surface area contributed by atoms with Crippen LogP contribution in [0.4, 0.5) is 0 Å². The minimum atomic E-state index is 0.715. The van der Waals surface area contributed by atoms with Gasteiger partial charge in [0.15, 0.2) is 0 Å². The lowest BCUT2D eigenvalue weighted by atomic mass is 9.90. The third-order valence-electron chi connectivity index (χ3n) is 3.60. The summed E-state index contributed by atoms with van der Waals surface area (Å²) in [4.78, 5) is 4.20. The summed E-state index contributed by atoms with van der Waals surface area (Å²) in [6, 6.07) is 2.15. The molecule has 3 rings (SSSR count). The SMILES string of the molecule is Cn1cc(C2CCNCC2)c2ccncc21. The second kappa shape index (κ2) is 3.91. The summed E-state index contributed by atoms with van der Waals surface area (Å²) in [5.74, 6) is 0.715. The summed E-state index contributed by atoms with van der Waals surface area (Å²) in [6.45, 7) is 2.29. The van der Waals surface area contributed by atoms with Gasteiger partial charge in [-0.15, -0.1) is 0 Å². The lowest BCUT2D eigenvalue weighted by Crippen LogP contribution is -2.26. The van der Waals surface area contributed by atoms with E-state index in [2.05, 4.69) is 34.2 Å². The number of hydrogen-bond acceptors (Lipinski definition) is 2. The Hall–Kier alpha value is -1.35. The number of rotatable bonds is 1. The molecule has 0 aromatic carbocycles. The molecule has 2 aromatic rings. The van der Waals surface area contributed by atoms with E-state index in [1.54, 1.807) is 0 Å². The van der Waals surface area contributed by atoms with Crippen molar-refractivity contribution >= 4 is 10.9 Å². The summed E-state index contributed by atoms with van der Waals surface area (Å²) in [5, 5.41) is 4.80. The van der Waals surface area contributed by atoms with Crippen molar-refractivity contribution in [3.8, 4) is 0 Å². The molecule has 0 atom stereocenters. The van der Waals surface area contributed by atoms with E-state index in [1.165, 1.54) is 29.3 Å². The van der Waals surface area contributed by atoms with Gasteiger partial charge in [-0.3, -0.25) is 4.98 Å². The second-order valence-corrected chi connectivity index (χ2v) is 4.61. The topological polar surface area (TPSA) is 29.9 Å². The van der Waals surface area contributed by atoms with Crippen molar-refractivity contribution < 1.29 is 0 Å². The zero-order valence-electron chi connectivity index (χ0n) is 9.61. The molecular formula is C13H17N3. The molecule has 0 unspecified atom stereocenters. The van der Waals surface area contributed by atoms with Gasteiger partial charge in [-0.1, -0.05) is 0 Å². The highest BCUT2D eigenvalue weighted by Crippen LogP contribution is 2.31. The first-order valence-corrected chi connectivity index (χ1v) is 5.96. The van der Waals surface area contributed by atoms with Gasteiger partial charge in [0.1, 0.15) is 0 Å². The number of piperidine rings is 1. The monoisotopic (exact) mass is 215 g/mol. The number of aromatic nitrogens is 2. The van der Waals surface area contributed by atoms with Crippen molar-refractivity contribution in [2.45, 2.75) is 18.8 Å². The maximum atomic E-state index is 4.20. The molecule has 1 fully saturated rings. The average molecular weight is 215 g/mol. The lowest BCUT2D eigenvalue weighted by Gasteiger charge is -2.22. The summed E-state index contributed by atoms with van der Waals surface area (Å²) in [5.41, 5.74) is 2.75. The van der Waals surface area contributed by atoms with Gasteiger partial charge < -0.3 is 9.88 Å². The average Bonchev–Trinajstić information content (AvgIpc) is 2.69. The smallest absolute Gasteiger partial charge is 0.0667 e. The standard InChI is InChI=1S/C13H17N3/c1-16-9-12(10-2-5-14-6-3-10)11-4-7-15-8-13(11)16/h4,7-10,14H,2-3,5-6H2,1H3. The van der Waals surface area contributed by atoms with Gasteiger partial charge in [0.05, 0.1) is 11.7 Å². The predicted octanol–water partition coefficient (Wildman–Crippen LogP) is 2.04. The molecule has 84 valence electrons. The molecule has 16 heavy (non-hydrogen) atoms. The van der Waals surface area contributed by atoms with E-state index in [1.807, 2.05) is 12.4 Å². The Labute approximate surface area is 95.5 Å². The third kappa shape index (κ3) is 1.52. The molecular weight excluding hydrogens is 198 g/mol. The first-order valence-electron chi connectivity index (χ1n) is 5.96. The summed E-state index contributed by atoms with van der Waals surface area (Å²) in [6.07, 6.45) is 8.64. The molecule has 3 nitrogen and oxygen atoms in total. The molecule has 1 saturated heterocycles. The van der Waals surface area contributed by atoms with E-state index in [-0.39, 0.29) is 0 Å². The first-order chi connectivity index (χ1) is 7.86. The fraction of sp³-hybridized carbons (Fsp3) is 0.462. The normalized spacial score (nSPS) is 18.1. The number of aryl methyl sites for hydroxylation is 1. The molecule has 1 N–H and O–H groups in total. The molecule has 0 bridgehead atoms. The van der Waals surface area contributed by atoms with Crippen LogP contribution < -0.4 is 5.32 Å². The summed E-state index contributed by atoms with van der Waals surface area (Å²) >= 11 is 0. The Morgan fingerprint density at radius 3 is 3.00 bits per heavy atom. The van der Waals surface area contributed by atoms with Crippen LogP contribution in [0.15, 0.2) is 24.7 Å². The number of fused-ring (bicyclic) bond motifs is 1. The van der Waals surface area contributed by atoms with Gasteiger partial charge in [0, 0.05) is 24.8 Å². The van der Waals surface area contributed by atoms with Crippen molar-refractivity contribution in [3.63, 3.8) is 0 Å². The Balaban J connectivity index is 2.08. The van der Waals surface area contributed by atoms with Crippen LogP contribution in [0.25, 0.3) is 10.9 Å². The van der Waals surface area contributed by atoms with E-state index in [0.717, 1.165) is 13.1 Å². The highest BCUT2D eigenvalue weighted by molar-refractivity contribution is 5.83. The largest absolute Gasteiger partial charge is 0.349 e. The number of nitrogens with one attached hydrogen (secondary N) is 1. The van der Waals surface area contributed by atoms with Gasteiger partial charge >= 0.3 is 0 Å². The Morgan fingerprint density at radius 2 is 2.19 bits per heavy atom. The highest BCUT2D eigenvalue weighted by Gasteiger charge is 2.19. The Bertz CT molecular complexity index is 495. The van der Waals surface area contributed by atoms with Gasteiger partial charge in [-0.2, -0.15) is 0 Å². The van der Waals surface area contributed by atoms with E-state index >= 15 is 0 Å². The van der Waals surface area contributed by atoms with E-state index < -0.39 is 0 Å². The maximum Gasteiger partial charge on any atom is 0.0667 e. The minimum absolute atomic E-state index is 0.715. The quantitative estimate of drug-likeness (QED) is 0.789. The Kier molecular flexibility index (Phi) is 2.40. The molecule has 0 radical (unpaired) electrons. The summed E-state index contributed by atoms with van der Waals surface area (Å²) < 4.78 is 2.19. The first kappa shape index (κ1) is 9.85. The lowest BCUT2D eigenvalue weighted by molar-refractivity contribution is 0.462. The molecule has 0 spiro atoms. The van der Waals surface area contributed by atoms with Crippen LogP contribution in [0.2, 0.25) is 0 Å². The molecule has 1 aliphatic heterocycles. The summed E-state index contributed by atoms with van der Waals surface area (Å²) in [7, 11) is 2.11. The van der Waals surface area contributed by atoms with Crippen LogP contribution >= 0.6 is 0 Å². The second-order valence-electron chi connectivity index (χ2n) is 4.61. The van der Waals surface area contributed by atoms with Crippen molar-refractivity contribution in [2.75, 3.05) is 13.1 Å². The molecule has 2 aromatic heterocycles. The van der Waals surface area contributed by atoms with Crippen LogP contribution in [-0.4, -0.2) is 22.6 Å². The third-order valence-corrected chi connectivity index (χ3v) is 3.60. The van der Waals surface area contributed by atoms with Crippen LogP contribution in [0.5, 0.6) is 0 Å². The van der Waals surface area contributed by atoms with Crippen molar-refractivity contribution in [2.24, 2.45) is 7.05 Å². The van der Waals surface area contributed by atoms with Crippen LogP contribution in [0.3, 0.4) is 0 Å². The van der Waals surface area contributed by atoms with Crippen molar-refractivity contribution in [1.82, 2.24) is 14.9 Å². The zero-order chi connectivity index (χ0) is 11.0. The molecule has 0 saturated carbocycles. The predicted molar refractivity (Wildman–Crippen MR) is 65.6 cm³/mol. The van der Waals surface area contributed by atoms with Gasteiger partial charge in [-0.25, -0.2) is 0 Å². The van der Waals surface area contributed by atoms with E-state index in [4.69, 9.17) is 0 Å². The Morgan fingerprint density at radius 1 is 1.38 bits per heavy atom. The maximum absolute atomic E-state index is 4.20. The fourth-order valence-corrected chi connectivity index (χ4v) is 2.72. The minimum Gasteiger partial charge on any atom is -0.349 e. The van der Waals surface area contributed by atoms with Crippen LogP contribution in [0, 0.1) is 0 Å². The molecule has 0 aliphatic carbocycles. The van der Waals surface area contributed by atoms with Gasteiger partial charge in [0.25, 0.3) is 0 Å². The van der Waals surface area contributed by atoms with E-state index in [9.17, 15) is 0 Å². The van der Waals surface area contributed by atoms with Gasteiger partial charge in [0.2, 0.25) is 0 Å². The van der Waals surface area contributed by atoms with Crippen molar-refractivity contribution in [3.05, 3.63) is 30.2 Å². The zero-order valence-corrected chi connectivity index (χ0v) is 9.61. The molecule has 0 amide bonds. The number of pyridine rings is 1. The van der Waals surface area contributed by atoms with Crippen LogP contribution in [0.1, 0.15) is 24.3 Å². The highest BCUT2D eigenvalue weighted by atomic mass is 14.9. The van der Waals surface area contributed by atoms with Gasteiger partial charge in [-0.05, 0) is 43.5 Å². The van der Waals surface area contributed by atoms with E-state index in [0.29, 0.717) is 5.92 Å². The van der Waals surface area contributed by atoms with Crippen molar-refractivity contribution in [1.29, 1.82) is 0 Å². The molecule has 1 aliphatic rings. The molecule has 3 heterocycles.